The summed E-state index contributed by atoms with van der Waals surface area (Å²) in [6, 6.07) is -0.273. The number of nitrogens with zero attached hydrogens (tertiary/aromatic N) is 1. The molecule has 0 unspecified atom stereocenters. The molecule has 16 heavy (non-hydrogen) atoms. The Kier molecular flexibility index (Phi) is 7.36. The van der Waals surface area contributed by atoms with Gasteiger partial charge in [-0.25, -0.2) is 4.79 Å². The lowest BCUT2D eigenvalue weighted by Crippen LogP contribution is -2.39. The van der Waals surface area contributed by atoms with E-state index in [1.54, 1.807) is 4.90 Å². The maximum Gasteiger partial charge on any atom is 0.410 e. The highest BCUT2D eigenvalue weighted by molar-refractivity contribution is 5.85. The monoisotopic (exact) mass is 273 g/mol. The van der Waals surface area contributed by atoms with Crippen LogP contribution >= 0.6 is 24.8 Å². The lowest BCUT2D eigenvalue weighted by atomic mass is 10.2. The number of carbonyl (C=O) groups excluding carboxylic acids is 1. The Morgan fingerprint density at radius 1 is 1.19 bits per heavy atom. The van der Waals surface area contributed by atoms with Gasteiger partial charge in [0, 0.05) is 25.2 Å². The summed E-state index contributed by atoms with van der Waals surface area (Å²) in [7, 11) is 0. The van der Waals surface area contributed by atoms with Gasteiger partial charge in [-0.3, -0.25) is 0 Å². The molecule has 0 aliphatic carbocycles. The van der Waals surface area contributed by atoms with Gasteiger partial charge in [0.1, 0.15) is 5.60 Å². The Morgan fingerprint density at radius 2 is 1.56 bits per heavy atom. The van der Waals surface area contributed by atoms with Crippen LogP contribution in [0.3, 0.4) is 0 Å². The van der Waals surface area contributed by atoms with Crippen LogP contribution in [0.1, 0.15) is 20.8 Å². The second kappa shape index (κ2) is 6.49. The molecule has 1 heterocycles. The summed E-state index contributed by atoms with van der Waals surface area (Å²) in [4.78, 5) is 13.1. The lowest BCUT2D eigenvalue weighted by molar-refractivity contribution is 0.0290. The van der Waals surface area contributed by atoms with Crippen LogP contribution in [0.5, 0.6) is 0 Å². The van der Waals surface area contributed by atoms with Crippen molar-refractivity contribution in [2.45, 2.75) is 38.5 Å². The molecule has 0 bridgehead atoms. The highest BCUT2D eigenvalue weighted by Gasteiger charge is 2.32. The largest absolute Gasteiger partial charge is 0.444 e. The van der Waals surface area contributed by atoms with Crippen LogP contribution in [-0.2, 0) is 4.74 Å². The summed E-state index contributed by atoms with van der Waals surface area (Å²) >= 11 is 0. The van der Waals surface area contributed by atoms with Gasteiger partial charge in [0.15, 0.2) is 0 Å². The normalized spacial score (nSPS) is 24.4. The second-order valence-electron chi connectivity index (χ2n) is 4.71. The van der Waals surface area contributed by atoms with Crippen molar-refractivity contribution in [2.75, 3.05) is 13.1 Å². The summed E-state index contributed by atoms with van der Waals surface area (Å²) < 4.78 is 5.19. The highest BCUT2D eigenvalue weighted by atomic mass is 35.5. The van der Waals surface area contributed by atoms with E-state index < -0.39 is 5.60 Å². The molecule has 1 saturated heterocycles. The topological polar surface area (TPSA) is 81.6 Å². The zero-order chi connectivity index (χ0) is 10.9. The number of carbonyl (C=O) groups is 1. The number of nitrogens with two attached hydrogens (primary N) is 2. The van der Waals surface area contributed by atoms with E-state index in [1.165, 1.54) is 0 Å². The standard InChI is InChI=1S/C9H19N3O2.2ClH/c1-9(2,3)14-8(13)12-4-6(10)7(11)5-12;;/h6-7H,4-5,10-11H2,1-3H3;2*1H/t6-,7+;;. The molecule has 5 nitrogen and oxygen atoms in total. The molecule has 1 rings (SSSR count). The van der Waals surface area contributed by atoms with Crippen LogP contribution in [-0.4, -0.2) is 41.8 Å². The quantitative estimate of drug-likeness (QED) is 0.682. The molecule has 2 atom stereocenters. The zero-order valence-electron chi connectivity index (χ0n) is 9.80. The fourth-order valence-electron chi connectivity index (χ4n) is 1.33. The van der Waals surface area contributed by atoms with E-state index in [0.29, 0.717) is 13.1 Å². The first-order valence-electron chi connectivity index (χ1n) is 4.78. The van der Waals surface area contributed by atoms with Gasteiger partial charge in [0.05, 0.1) is 0 Å². The van der Waals surface area contributed by atoms with Crippen molar-refractivity contribution >= 4 is 30.9 Å². The second-order valence-corrected chi connectivity index (χ2v) is 4.71. The van der Waals surface area contributed by atoms with E-state index in [2.05, 4.69) is 0 Å². The number of hydrogen-bond donors (Lipinski definition) is 2. The Morgan fingerprint density at radius 3 is 1.88 bits per heavy atom. The number of rotatable bonds is 0. The molecular formula is C9H21Cl2N3O2. The number of halogens is 2. The van der Waals surface area contributed by atoms with E-state index >= 15 is 0 Å². The van der Waals surface area contributed by atoms with Gasteiger partial charge in [-0.15, -0.1) is 24.8 Å². The van der Waals surface area contributed by atoms with E-state index in [4.69, 9.17) is 16.2 Å². The minimum atomic E-state index is -0.464. The average molecular weight is 274 g/mol. The average Bonchev–Trinajstić information content (AvgIpc) is 2.28. The first-order valence-corrected chi connectivity index (χ1v) is 4.78. The van der Waals surface area contributed by atoms with Gasteiger partial charge in [-0.2, -0.15) is 0 Å². The zero-order valence-corrected chi connectivity index (χ0v) is 11.4. The molecule has 0 aromatic heterocycles. The third-order valence-electron chi connectivity index (χ3n) is 2.06. The number of ether oxygens (including phenoxy) is 1. The molecular weight excluding hydrogens is 253 g/mol. The first-order chi connectivity index (χ1) is 6.29. The van der Waals surface area contributed by atoms with Crippen LogP contribution in [0.15, 0.2) is 0 Å². The van der Waals surface area contributed by atoms with Crippen molar-refractivity contribution in [3.63, 3.8) is 0 Å². The molecule has 1 aliphatic rings. The first kappa shape index (κ1) is 18.1. The van der Waals surface area contributed by atoms with Gasteiger partial charge >= 0.3 is 6.09 Å². The maximum atomic E-state index is 11.5. The van der Waals surface area contributed by atoms with Crippen LogP contribution in [0.4, 0.5) is 4.79 Å². The Hall–Kier alpha value is -0.230. The summed E-state index contributed by atoms with van der Waals surface area (Å²) in [6.07, 6.45) is -0.332. The van der Waals surface area contributed by atoms with Crippen molar-refractivity contribution in [1.82, 2.24) is 4.90 Å². The summed E-state index contributed by atoms with van der Waals surface area (Å²) in [5, 5.41) is 0. The smallest absolute Gasteiger partial charge is 0.410 e. The fourth-order valence-corrected chi connectivity index (χ4v) is 1.33. The summed E-state index contributed by atoms with van der Waals surface area (Å²) in [5.41, 5.74) is 10.9. The molecule has 7 heteroatoms. The van der Waals surface area contributed by atoms with Crippen molar-refractivity contribution in [3.05, 3.63) is 0 Å². The molecule has 98 valence electrons. The Labute approximate surface area is 109 Å². The molecule has 1 fully saturated rings. The molecule has 1 amide bonds. The lowest BCUT2D eigenvalue weighted by Gasteiger charge is -2.24. The number of likely N-dealkylation sites (tertiary alicyclic amines) is 1. The van der Waals surface area contributed by atoms with E-state index in [1.807, 2.05) is 20.8 Å². The fraction of sp³-hybridized carbons (Fsp3) is 0.889. The third-order valence-corrected chi connectivity index (χ3v) is 2.06. The molecule has 1 aliphatic heterocycles. The van der Waals surface area contributed by atoms with Gasteiger partial charge in [-0.1, -0.05) is 0 Å². The number of amides is 1. The predicted octanol–water partition coefficient (Wildman–Crippen LogP) is 0.735. The minimum absolute atomic E-state index is 0. The molecule has 0 radical (unpaired) electrons. The van der Waals surface area contributed by atoms with Gasteiger partial charge in [0.2, 0.25) is 0 Å². The van der Waals surface area contributed by atoms with Gasteiger partial charge in [-0.05, 0) is 20.8 Å². The molecule has 0 aromatic rings. The van der Waals surface area contributed by atoms with Crippen LogP contribution in [0, 0.1) is 0 Å². The molecule has 0 aromatic carbocycles. The SMILES string of the molecule is CC(C)(C)OC(=O)N1C[C@@H](N)[C@@H](N)C1.Cl.Cl. The number of hydrogen-bond acceptors (Lipinski definition) is 4. The molecule has 4 N–H and O–H groups in total. The summed E-state index contributed by atoms with van der Waals surface area (Å²) in [6.45, 7) is 6.47. The molecule has 0 saturated carbocycles. The Bertz CT molecular complexity index is 223. The van der Waals surface area contributed by atoms with E-state index in [0.717, 1.165) is 0 Å². The van der Waals surface area contributed by atoms with Gasteiger partial charge < -0.3 is 21.1 Å². The van der Waals surface area contributed by atoms with Crippen molar-refractivity contribution in [3.8, 4) is 0 Å². The molecule has 0 spiro atoms. The predicted molar refractivity (Wildman–Crippen MR) is 68.3 cm³/mol. The third kappa shape index (κ3) is 5.21. The van der Waals surface area contributed by atoms with Crippen LogP contribution < -0.4 is 11.5 Å². The summed E-state index contributed by atoms with van der Waals surface area (Å²) in [5.74, 6) is 0. The van der Waals surface area contributed by atoms with E-state index in [9.17, 15) is 4.79 Å². The van der Waals surface area contributed by atoms with Crippen LogP contribution in [0.25, 0.3) is 0 Å². The van der Waals surface area contributed by atoms with E-state index in [-0.39, 0.29) is 43.0 Å². The van der Waals surface area contributed by atoms with Crippen molar-refractivity contribution in [1.29, 1.82) is 0 Å². The van der Waals surface area contributed by atoms with Crippen molar-refractivity contribution < 1.29 is 9.53 Å². The highest BCUT2D eigenvalue weighted by Crippen LogP contribution is 2.13. The van der Waals surface area contributed by atoms with Crippen LogP contribution in [0.2, 0.25) is 0 Å². The van der Waals surface area contributed by atoms with Crippen molar-refractivity contribution in [2.24, 2.45) is 11.5 Å². The minimum Gasteiger partial charge on any atom is -0.444 e. The Balaban J connectivity index is 0. The maximum absolute atomic E-state index is 11.5. The van der Waals surface area contributed by atoms with Gasteiger partial charge in [0.25, 0.3) is 0 Å².